The molecule has 2 rings (SSSR count). The third-order valence-corrected chi connectivity index (χ3v) is 4.28. The van der Waals surface area contributed by atoms with E-state index in [4.69, 9.17) is 4.74 Å². The zero-order valence-corrected chi connectivity index (χ0v) is 13.2. The van der Waals surface area contributed by atoms with Crippen molar-refractivity contribution in [3.8, 4) is 0 Å². The monoisotopic (exact) mass is 343 g/mol. The standard InChI is InChI=1S/C15H19BrFNO2/c1-20-15(19)10-18(13-4-2-3-5-13)9-11-8-12(16)6-7-14(11)17/h6-8,13H,2-5,9-10H2,1H3. The minimum absolute atomic E-state index is 0.215. The molecular weight excluding hydrogens is 325 g/mol. The van der Waals surface area contributed by atoms with Gasteiger partial charge in [-0.15, -0.1) is 0 Å². The molecule has 20 heavy (non-hydrogen) atoms. The predicted molar refractivity (Wildman–Crippen MR) is 78.8 cm³/mol. The Morgan fingerprint density at radius 2 is 2.15 bits per heavy atom. The number of nitrogens with zero attached hydrogens (tertiary/aromatic N) is 1. The van der Waals surface area contributed by atoms with E-state index in [0.29, 0.717) is 18.2 Å². The van der Waals surface area contributed by atoms with E-state index in [1.165, 1.54) is 26.0 Å². The molecule has 1 aliphatic rings. The van der Waals surface area contributed by atoms with Crippen molar-refractivity contribution in [2.75, 3.05) is 13.7 Å². The van der Waals surface area contributed by atoms with Crippen molar-refractivity contribution in [1.82, 2.24) is 4.90 Å². The Hall–Kier alpha value is -0.940. The second kappa shape index (κ2) is 7.18. The Morgan fingerprint density at radius 3 is 2.80 bits per heavy atom. The highest BCUT2D eigenvalue weighted by atomic mass is 79.9. The average molecular weight is 344 g/mol. The number of ether oxygens (including phenoxy) is 1. The summed E-state index contributed by atoms with van der Waals surface area (Å²) in [6.45, 7) is 0.651. The van der Waals surface area contributed by atoms with E-state index in [0.717, 1.165) is 17.3 Å². The van der Waals surface area contributed by atoms with Crippen molar-refractivity contribution in [2.45, 2.75) is 38.3 Å². The Bertz CT molecular complexity index is 475. The van der Waals surface area contributed by atoms with Gasteiger partial charge in [-0.3, -0.25) is 9.69 Å². The molecule has 0 spiro atoms. The molecule has 0 N–H and O–H groups in total. The van der Waals surface area contributed by atoms with Crippen LogP contribution in [0.3, 0.4) is 0 Å². The highest BCUT2D eigenvalue weighted by Crippen LogP contribution is 2.26. The highest BCUT2D eigenvalue weighted by Gasteiger charge is 2.25. The second-order valence-corrected chi connectivity index (χ2v) is 6.07. The quantitative estimate of drug-likeness (QED) is 0.766. The number of carbonyl (C=O) groups is 1. The van der Waals surface area contributed by atoms with Crippen molar-refractivity contribution in [3.63, 3.8) is 0 Å². The molecule has 1 aliphatic carbocycles. The maximum absolute atomic E-state index is 13.9. The van der Waals surface area contributed by atoms with Gasteiger partial charge in [-0.2, -0.15) is 0 Å². The van der Waals surface area contributed by atoms with Gasteiger partial charge in [-0.1, -0.05) is 28.8 Å². The maximum atomic E-state index is 13.9. The predicted octanol–water partition coefficient (Wildman–Crippen LogP) is 3.51. The topological polar surface area (TPSA) is 29.5 Å². The van der Waals surface area contributed by atoms with Crippen molar-refractivity contribution in [1.29, 1.82) is 0 Å². The SMILES string of the molecule is COC(=O)CN(Cc1cc(Br)ccc1F)C1CCCC1. The summed E-state index contributed by atoms with van der Waals surface area (Å²) in [5.41, 5.74) is 0.607. The van der Waals surface area contributed by atoms with Gasteiger partial charge in [-0.05, 0) is 31.0 Å². The summed E-state index contributed by atoms with van der Waals surface area (Å²) in [7, 11) is 1.38. The molecule has 3 nitrogen and oxygen atoms in total. The fourth-order valence-electron chi connectivity index (χ4n) is 2.70. The molecule has 1 aromatic carbocycles. The maximum Gasteiger partial charge on any atom is 0.319 e. The van der Waals surface area contributed by atoms with Crippen molar-refractivity contribution < 1.29 is 13.9 Å². The first-order valence-corrected chi connectivity index (χ1v) is 7.64. The Kier molecular flexibility index (Phi) is 5.54. The lowest BCUT2D eigenvalue weighted by molar-refractivity contribution is -0.142. The van der Waals surface area contributed by atoms with Crippen LogP contribution in [0.25, 0.3) is 0 Å². The first kappa shape index (κ1) is 15.4. The summed E-state index contributed by atoms with van der Waals surface area (Å²) in [4.78, 5) is 13.6. The van der Waals surface area contributed by atoms with Gasteiger partial charge in [-0.25, -0.2) is 4.39 Å². The molecule has 0 radical (unpaired) electrons. The largest absolute Gasteiger partial charge is 0.468 e. The van der Waals surface area contributed by atoms with Gasteiger partial charge >= 0.3 is 5.97 Å². The van der Waals surface area contributed by atoms with Gasteiger partial charge in [0.15, 0.2) is 0 Å². The van der Waals surface area contributed by atoms with Crippen LogP contribution in [0, 0.1) is 5.82 Å². The molecule has 5 heteroatoms. The van der Waals surface area contributed by atoms with E-state index in [-0.39, 0.29) is 18.3 Å². The fraction of sp³-hybridized carbons (Fsp3) is 0.533. The molecule has 0 aliphatic heterocycles. The molecule has 1 saturated carbocycles. The van der Waals surface area contributed by atoms with Crippen LogP contribution in [0.15, 0.2) is 22.7 Å². The van der Waals surface area contributed by atoms with Crippen LogP contribution in [-0.4, -0.2) is 30.6 Å². The number of carbonyl (C=O) groups excluding carboxylic acids is 1. The van der Waals surface area contributed by atoms with Gasteiger partial charge in [0.25, 0.3) is 0 Å². The van der Waals surface area contributed by atoms with Crippen molar-refractivity contribution in [2.24, 2.45) is 0 Å². The summed E-state index contributed by atoms with van der Waals surface area (Å²) in [6.07, 6.45) is 4.46. The van der Waals surface area contributed by atoms with Crippen molar-refractivity contribution in [3.05, 3.63) is 34.1 Å². The first-order chi connectivity index (χ1) is 9.60. The third kappa shape index (κ3) is 4.03. The smallest absolute Gasteiger partial charge is 0.319 e. The van der Waals surface area contributed by atoms with E-state index < -0.39 is 0 Å². The fourth-order valence-corrected chi connectivity index (χ4v) is 3.11. The van der Waals surface area contributed by atoms with Crippen LogP contribution < -0.4 is 0 Å². The number of esters is 1. The molecular formula is C15H19BrFNO2. The lowest BCUT2D eigenvalue weighted by Crippen LogP contribution is -2.37. The minimum atomic E-state index is -0.271. The summed E-state index contributed by atoms with van der Waals surface area (Å²) in [5, 5.41) is 0. The van der Waals surface area contributed by atoms with Crippen LogP contribution >= 0.6 is 15.9 Å². The second-order valence-electron chi connectivity index (χ2n) is 5.16. The minimum Gasteiger partial charge on any atom is -0.468 e. The molecule has 0 saturated heterocycles. The first-order valence-electron chi connectivity index (χ1n) is 6.85. The van der Waals surface area contributed by atoms with E-state index in [2.05, 4.69) is 15.9 Å². The molecule has 0 amide bonds. The van der Waals surface area contributed by atoms with E-state index in [1.54, 1.807) is 12.1 Å². The average Bonchev–Trinajstić information content (AvgIpc) is 2.96. The van der Waals surface area contributed by atoms with Crippen LogP contribution in [0.1, 0.15) is 31.2 Å². The molecule has 0 atom stereocenters. The van der Waals surface area contributed by atoms with Crippen LogP contribution in [0.2, 0.25) is 0 Å². The Morgan fingerprint density at radius 1 is 1.45 bits per heavy atom. The molecule has 0 unspecified atom stereocenters. The number of benzene rings is 1. The number of hydrogen-bond donors (Lipinski definition) is 0. The van der Waals surface area contributed by atoms with Crippen LogP contribution in [-0.2, 0) is 16.1 Å². The van der Waals surface area contributed by atoms with E-state index in [1.807, 2.05) is 4.90 Å². The van der Waals surface area contributed by atoms with Gasteiger partial charge in [0, 0.05) is 22.6 Å². The van der Waals surface area contributed by atoms with Crippen LogP contribution in [0.5, 0.6) is 0 Å². The van der Waals surface area contributed by atoms with Gasteiger partial charge in [0.05, 0.1) is 13.7 Å². The van der Waals surface area contributed by atoms with Crippen LogP contribution in [0.4, 0.5) is 4.39 Å². The summed E-state index contributed by atoms with van der Waals surface area (Å²) < 4.78 is 19.5. The third-order valence-electron chi connectivity index (χ3n) is 3.78. The van der Waals surface area contributed by atoms with Gasteiger partial charge in [0.2, 0.25) is 0 Å². The zero-order chi connectivity index (χ0) is 14.5. The lowest BCUT2D eigenvalue weighted by Gasteiger charge is -2.27. The number of hydrogen-bond acceptors (Lipinski definition) is 3. The number of rotatable bonds is 5. The van der Waals surface area contributed by atoms with E-state index >= 15 is 0 Å². The highest BCUT2D eigenvalue weighted by molar-refractivity contribution is 9.10. The summed E-state index contributed by atoms with van der Waals surface area (Å²) >= 11 is 3.36. The Labute approximate surface area is 127 Å². The molecule has 110 valence electrons. The zero-order valence-electron chi connectivity index (χ0n) is 11.6. The van der Waals surface area contributed by atoms with Gasteiger partial charge in [0.1, 0.15) is 5.82 Å². The molecule has 0 aromatic heterocycles. The number of halogens is 2. The van der Waals surface area contributed by atoms with Gasteiger partial charge < -0.3 is 4.74 Å². The van der Waals surface area contributed by atoms with Crippen molar-refractivity contribution >= 4 is 21.9 Å². The molecule has 0 heterocycles. The molecule has 1 fully saturated rings. The Balaban J connectivity index is 2.13. The van der Waals surface area contributed by atoms with E-state index in [9.17, 15) is 9.18 Å². The molecule has 0 bridgehead atoms. The summed E-state index contributed by atoms with van der Waals surface area (Å²) in [5.74, 6) is -0.506. The normalized spacial score (nSPS) is 15.8. The lowest BCUT2D eigenvalue weighted by atomic mass is 10.1. The number of methoxy groups -OCH3 is 1. The molecule has 1 aromatic rings. The summed E-state index contributed by atoms with van der Waals surface area (Å²) in [6, 6.07) is 5.24.